The minimum Gasteiger partial charge on any atom is -0.379 e. The molecule has 2 aliphatic heterocycles. The summed E-state index contributed by atoms with van der Waals surface area (Å²) in [7, 11) is 0. The number of rotatable bonds is 6. The molecule has 0 aliphatic carbocycles. The monoisotopic (exact) mass is 398 g/mol. The molecule has 0 atom stereocenters. The van der Waals surface area contributed by atoms with Crippen LogP contribution in [0.3, 0.4) is 0 Å². The van der Waals surface area contributed by atoms with Gasteiger partial charge in [0.1, 0.15) is 11.5 Å². The Balaban J connectivity index is 1.24. The van der Waals surface area contributed by atoms with Crippen LogP contribution in [0.5, 0.6) is 0 Å². The van der Waals surface area contributed by atoms with Crippen LogP contribution >= 0.6 is 0 Å². The topological polar surface area (TPSA) is 99.6 Å². The highest BCUT2D eigenvalue weighted by Gasteiger charge is 2.24. The van der Waals surface area contributed by atoms with Crippen molar-refractivity contribution in [2.24, 2.45) is 0 Å². The van der Waals surface area contributed by atoms with Crippen LogP contribution in [-0.2, 0) is 4.74 Å². The van der Waals surface area contributed by atoms with Gasteiger partial charge in [0.2, 0.25) is 5.95 Å². The third kappa shape index (κ3) is 5.15. The lowest BCUT2D eigenvalue weighted by atomic mass is 10.3. The predicted molar refractivity (Wildman–Crippen MR) is 108 cm³/mol. The van der Waals surface area contributed by atoms with E-state index in [9.17, 15) is 4.79 Å². The van der Waals surface area contributed by atoms with Gasteiger partial charge in [0.25, 0.3) is 5.91 Å². The molecule has 0 saturated carbocycles. The molecular formula is C19H26N8O2. The second-order valence-electron chi connectivity index (χ2n) is 7.00. The Kier molecular flexibility index (Phi) is 6.42. The summed E-state index contributed by atoms with van der Waals surface area (Å²) in [6.45, 7) is 7.85. The lowest BCUT2D eigenvalue weighted by Crippen LogP contribution is -2.49. The fourth-order valence-electron chi connectivity index (χ4n) is 3.42. The van der Waals surface area contributed by atoms with Crippen molar-refractivity contribution in [3.05, 3.63) is 36.5 Å². The van der Waals surface area contributed by atoms with E-state index in [4.69, 9.17) is 4.74 Å². The van der Waals surface area contributed by atoms with Gasteiger partial charge in [-0.3, -0.25) is 9.69 Å². The Bertz CT molecular complexity index is 775. The highest BCUT2D eigenvalue weighted by Crippen LogP contribution is 2.12. The van der Waals surface area contributed by atoms with Crippen LogP contribution in [0.25, 0.3) is 0 Å². The number of ether oxygens (including phenoxy) is 1. The normalized spacial score (nSPS) is 17.9. The van der Waals surface area contributed by atoms with Crippen molar-refractivity contribution in [2.45, 2.75) is 0 Å². The molecule has 4 rings (SSSR count). The number of hydrogen-bond donors (Lipinski definition) is 1. The van der Waals surface area contributed by atoms with E-state index in [1.54, 1.807) is 35.8 Å². The average molecular weight is 398 g/mol. The van der Waals surface area contributed by atoms with Gasteiger partial charge in [0.05, 0.1) is 25.6 Å². The molecule has 0 unspecified atom stereocenters. The van der Waals surface area contributed by atoms with Gasteiger partial charge in [-0.1, -0.05) is 0 Å². The number of nitrogens with zero attached hydrogens (tertiary/aromatic N) is 7. The van der Waals surface area contributed by atoms with Crippen LogP contribution in [0.4, 0.5) is 11.8 Å². The Hall–Kier alpha value is -2.85. The summed E-state index contributed by atoms with van der Waals surface area (Å²) < 4.78 is 5.35. The maximum atomic E-state index is 12.7. The largest absolute Gasteiger partial charge is 0.379 e. The van der Waals surface area contributed by atoms with Crippen molar-refractivity contribution < 1.29 is 9.53 Å². The van der Waals surface area contributed by atoms with Gasteiger partial charge in [0, 0.05) is 64.8 Å². The third-order valence-electron chi connectivity index (χ3n) is 5.11. The smallest absolute Gasteiger partial charge is 0.274 e. The van der Waals surface area contributed by atoms with Crippen molar-refractivity contribution in [1.29, 1.82) is 0 Å². The van der Waals surface area contributed by atoms with Crippen LogP contribution < -0.4 is 10.2 Å². The van der Waals surface area contributed by atoms with E-state index >= 15 is 0 Å². The molecule has 2 fully saturated rings. The Morgan fingerprint density at radius 2 is 1.72 bits per heavy atom. The summed E-state index contributed by atoms with van der Waals surface area (Å²) in [6, 6.07) is 1.79. The van der Waals surface area contributed by atoms with Crippen molar-refractivity contribution in [1.82, 2.24) is 29.7 Å². The number of amides is 1. The molecule has 29 heavy (non-hydrogen) atoms. The van der Waals surface area contributed by atoms with Crippen LogP contribution in [0.1, 0.15) is 10.5 Å². The quantitative estimate of drug-likeness (QED) is 0.719. The first-order chi connectivity index (χ1) is 14.3. The summed E-state index contributed by atoms with van der Waals surface area (Å²) in [5, 5.41) is 3.26. The summed E-state index contributed by atoms with van der Waals surface area (Å²) in [5.74, 6) is 1.29. The molecule has 2 aliphatic rings. The van der Waals surface area contributed by atoms with Crippen molar-refractivity contribution in [2.75, 3.05) is 75.8 Å². The van der Waals surface area contributed by atoms with E-state index in [0.29, 0.717) is 43.6 Å². The van der Waals surface area contributed by atoms with Gasteiger partial charge in [-0.25, -0.2) is 19.9 Å². The van der Waals surface area contributed by atoms with Gasteiger partial charge < -0.3 is 19.9 Å². The lowest BCUT2D eigenvalue weighted by molar-refractivity contribution is 0.0398. The standard InChI is InChI=1S/C19H26N8O2/c28-18(26-6-8-27(9-7-26)19-21-2-1-3-22-19)16-14-24-17(15-23-16)20-4-5-25-10-12-29-13-11-25/h1-3,14-15H,4-13H2,(H,20,24). The molecule has 0 bridgehead atoms. The predicted octanol–water partition coefficient (Wildman–Crippen LogP) is -0.0269. The van der Waals surface area contributed by atoms with Gasteiger partial charge in [-0.15, -0.1) is 0 Å². The SMILES string of the molecule is O=C(c1cnc(NCCN2CCOCC2)cn1)N1CCN(c2ncccn2)CC1. The van der Waals surface area contributed by atoms with Gasteiger partial charge in [-0.05, 0) is 6.07 Å². The zero-order chi connectivity index (χ0) is 19.9. The Labute approximate surface area is 169 Å². The summed E-state index contributed by atoms with van der Waals surface area (Å²) in [6.07, 6.45) is 6.63. The number of carbonyl (C=O) groups is 1. The number of nitrogens with one attached hydrogen (secondary N) is 1. The summed E-state index contributed by atoms with van der Waals surface area (Å²) in [4.78, 5) is 36.1. The summed E-state index contributed by atoms with van der Waals surface area (Å²) >= 11 is 0. The number of piperazine rings is 1. The molecule has 10 heteroatoms. The maximum Gasteiger partial charge on any atom is 0.274 e. The zero-order valence-corrected chi connectivity index (χ0v) is 16.4. The molecule has 0 radical (unpaired) electrons. The number of aromatic nitrogens is 4. The maximum absolute atomic E-state index is 12.7. The number of anilines is 2. The Morgan fingerprint density at radius 1 is 0.966 bits per heavy atom. The second-order valence-corrected chi connectivity index (χ2v) is 7.00. The molecule has 1 amide bonds. The molecule has 10 nitrogen and oxygen atoms in total. The fraction of sp³-hybridized carbons (Fsp3) is 0.526. The fourth-order valence-corrected chi connectivity index (χ4v) is 3.42. The second kappa shape index (κ2) is 9.57. The number of morpholine rings is 1. The minimum atomic E-state index is -0.0917. The van der Waals surface area contributed by atoms with Crippen LogP contribution in [0.2, 0.25) is 0 Å². The molecule has 2 aromatic rings. The van der Waals surface area contributed by atoms with E-state index in [2.05, 4.69) is 35.1 Å². The molecule has 0 aromatic carbocycles. The highest BCUT2D eigenvalue weighted by molar-refractivity contribution is 5.92. The van der Waals surface area contributed by atoms with Gasteiger partial charge in [0.15, 0.2) is 0 Å². The number of hydrogen-bond acceptors (Lipinski definition) is 9. The van der Waals surface area contributed by atoms with E-state index in [1.165, 1.54) is 0 Å². The van der Waals surface area contributed by atoms with Crippen LogP contribution in [0.15, 0.2) is 30.9 Å². The highest BCUT2D eigenvalue weighted by atomic mass is 16.5. The van der Waals surface area contributed by atoms with E-state index in [-0.39, 0.29) is 5.91 Å². The van der Waals surface area contributed by atoms with Crippen molar-refractivity contribution in [3.8, 4) is 0 Å². The molecule has 2 aromatic heterocycles. The van der Waals surface area contributed by atoms with Gasteiger partial charge >= 0.3 is 0 Å². The first-order valence-corrected chi connectivity index (χ1v) is 9.97. The summed E-state index contributed by atoms with van der Waals surface area (Å²) in [5.41, 5.74) is 0.369. The molecule has 4 heterocycles. The van der Waals surface area contributed by atoms with Crippen molar-refractivity contribution in [3.63, 3.8) is 0 Å². The van der Waals surface area contributed by atoms with E-state index in [0.717, 1.165) is 39.4 Å². The number of carbonyl (C=O) groups excluding carboxylic acids is 1. The first kappa shape index (κ1) is 19.5. The van der Waals surface area contributed by atoms with E-state index < -0.39 is 0 Å². The lowest BCUT2D eigenvalue weighted by Gasteiger charge is -2.34. The zero-order valence-electron chi connectivity index (χ0n) is 16.4. The van der Waals surface area contributed by atoms with Crippen molar-refractivity contribution >= 4 is 17.7 Å². The molecular weight excluding hydrogens is 372 g/mol. The van der Waals surface area contributed by atoms with Crippen LogP contribution in [0, 0.1) is 0 Å². The molecule has 1 N–H and O–H groups in total. The minimum absolute atomic E-state index is 0.0917. The molecule has 2 saturated heterocycles. The first-order valence-electron chi connectivity index (χ1n) is 9.97. The van der Waals surface area contributed by atoms with Crippen LogP contribution in [-0.4, -0.2) is 101 Å². The van der Waals surface area contributed by atoms with Gasteiger partial charge in [-0.2, -0.15) is 0 Å². The molecule has 154 valence electrons. The molecule has 0 spiro atoms. The van der Waals surface area contributed by atoms with E-state index in [1.807, 2.05) is 0 Å². The Morgan fingerprint density at radius 3 is 2.41 bits per heavy atom. The average Bonchev–Trinajstić information content (AvgIpc) is 2.80. The third-order valence-corrected chi connectivity index (χ3v) is 5.11.